The Morgan fingerprint density at radius 3 is 2.06 bits per heavy atom. The summed E-state index contributed by atoms with van der Waals surface area (Å²) in [5.41, 5.74) is 3.60. The maximum absolute atomic E-state index is 12.7. The molecule has 0 spiro atoms. The van der Waals surface area contributed by atoms with Crippen LogP contribution in [0.3, 0.4) is 0 Å². The Kier molecular flexibility index (Phi) is 8.05. The highest BCUT2D eigenvalue weighted by Gasteiger charge is 2.21. The third kappa shape index (κ3) is 6.28. The van der Waals surface area contributed by atoms with Gasteiger partial charge in [0.05, 0.1) is 24.5 Å². The number of carbonyl (C=O) groups is 1. The van der Waals surface area contributed by atoms with Gasteiger partial charge in [-0.1, -0.05) is 60.5 Å². The summed E-state index contributed by atoms with van der Waals surface area (Å²) >= 11 is 12.5. The number of halogens is 2. The first-order valence-electron chi connectivity index (χ1n) is 10.5. The first-order chi connectivity index (χ1) is 15.6. The third-order valence-corrected chi connectivity index (χ3v) is 7.27. The maximum Gasteiger partial charge on any atom is 0.251 e. The fourth-order valence-corrected chi connectivity index (χ4v) is 4.80. The van der Waals surface area contributed by atoms with E-state index < -0.39 is 10.0 Å². The van der Waals surface area contributed by atoms with Crippen molar-refractivity contribution < 1.29 is 13.2 Å². The number of hydrogen-bond donors (Lipinski definition) is 1. The number of nitrogens with one attached hydrogen (secondary N) is 1. The molecule has 3 aromatic rings. The topological polar surface area (TPSA) is 66.5 Å². The molecule has 1 atom stereocenters. The summed E-state index contributed by atoms with van der Waals surface area (Å²) in [6, 6.07) is 19.4. The van der Waals surface area contributed by atoms with Gasteiger partial charge in [0, 0.05) is 21.2 Å². The average molecular weight is 505 g/mol. The van der Waals surface area contributed by atoms with E-state index in [1.54, 1.807) is 42.5 Å². The van der Waals surface area contributed by atoms with Crippen molar-refractivity contribution in [3.05, 3.63) is 99.0 Å². The lowest BCUT2D eigenvalue weighted by Crippen LogP contribution is -2.30. The van der Waals surface area contributed by atoms with Crippen LogP contribution in [0.2, 0.25) is 10.0 Å². The molecular formula is C25H26Cl2N2O3S. The number of sulfonamides is 1. The molecule has 0 aliphatic carbocycles. The van der Waals surface area contributed by atoms with Gasteiger partial charge in [-0.3, -0.25) is 9.10 Å². The van der Waals surface area contributed by atoms with E-state index in [9.17, 15) is 13.2 Å². The highest BCUT2D eigenvalue weighted by atomic mass is 35.5. The van der Waals surface area contributed by atoms with Gasteiger partial charge in [0.25, 0.3) is 5.91 Å². The lowest BCUT2D eigenvalue weighted by Gasteiger charge is -2.24. The molecule has 0 aliphatic heterocycles. The van der Waals surface area contributed by atoms with Gasteiger partial charge in [0.15, 0.2) is 0 Å². The summed E-state index contributed by atoms with van der Waals surface area (Å²) in [5.74, 6) is -0.242. The minimum Gasteiger partial charge on any atom is -0.346 e. The van der Waals surface area contributed by atoms with E-state index in [0.717, 1.165) is 18.2 Å². The Morgan fingerprint density at radius 1 is 0.970 bits per heavy atom. The molecule has 0 saturated carbocycles. The van der Waals surface area contributed by atoms with Crippen molar-refractivity contribution in [2.75, 3.05) is 10.6 Å². The van der Waals surface area contributed by atoms with E-state index in [1.807, 2.05) is 19.1 Å². The van der Waals surface area contributed by atoms with Crippen LogP contribution in [0.15, 0.2) is 66.7 Å². The first-order valence-corrected chi connectivity index (χ1v) is 13.1. The molecule has 0 aromatic heterocycles. The van der Waals surface area contributed by atoms with Crippen LogP contribution < -0.4 is 9.62 Å². The van der Waals surface area contributed by atoms with Crippen LogP contribution in [0.4, 0.5) is 5.69 Å². The number of anilines is 1. The largest absolute Gasteiger partial charge is 0.346 e. The SMILES string of the molecule is CCc1ccc(C(C)NC(=O)c2ccc(N(Cc3c(Cl)cccc3Cl)S(C)(=O)=O)cc2)cc1. The van der Waals surface area contributed by atoms with E-state index in [-0.39, 0.29) is 18.5 Å². The van der Waals surface area contributed by atoms with Gasteiger partial charge in [-0.05, 0) is 60.9 Å². The number of benzene rings is 3. The summed E-state index contributed by atoms with van der Waals surface area (Å²) in [7, 11) is -3.63. The predicted octanol–water partition coefficient (Wildman–Crippen LogP) is 6.01. The van der Waals surface area contributed by atoms with Gasteiger partial charge in [-0.25, -0.2) is 8.42 Å². The smallest absolute Gasteiger partial charge is 0.251 e. The zero-order valence-corrected chi connectivity index (χ0v) is 21.0. The van der Waals surface area contributed by atoms with Crippen LogP contribution in [0, 0.1) is 0 Å². The van der Waals surface area contributed by atoms with E-state index in [4.69, 9.17) is 23.2 Å². The number of aryl methyl sites for hydroxylation is 1. The van der Waals surface area contributed by atoms with Crippen LogP contribution in [0.25, 0.3) is 0 Å². The van der Waals surface area contributed by atoms with Crippen molar-refractivity contribution in [1.29, 1.82) is 0 Å². The van der Waals surface area contributed by atoms with Crippen molar-refractivity contribution in [3.8, 4) is 0 Å². The predicted molar refractivity (Wildman–Crippen MR) is 136 cm³/mol. The summed E-state index contributed by atoms with van der Waals surface area (Å²) < 4.78 is 26.2. The Morgan fingerprint density at radius 2 is 1.55 bits per heavy atom. The Labute approximate surface area is 205 Å². The summed E-state index contributed by atoms with van der Waals surface area (Å²) in [6.07, 6.45) is 2.07. The molecule has 3 aromatic carbocycles. The first kappa shape index (κ1) is 25.1. The molecule has 8 heteroatoms. The fourth-order valence-electron chi connectivity index (χ4n) is 3.41. The molecule has 5 nitrogen and oxygen atoms in total. The van der Waals surface area contributed by atoms with Crippen molar-refractivity contribution in [2.24, 2.45) is 0 Å². The second-order valence-electron chi connectivity index (χ2n) is 7.81. The van der Waals surface area contributed by atoms with E-state index >= 15 is 0 Å². The molecule has 1 unspecified atom stereocenters. The molecule has 0 saturated heterocycles. The molecule has 0 fully saturated rings. The standard InChI is InChI=1S/C25H26Cl2N2O3S/c1-4-18-8-10-19(11-9-18)17(2)28-25(30)20-12-14-21(15-13-20)29(33(3,31)32)16-22-23(26)6-5-7-24(22)27/h5-15,17H,4,16H2,1-3H3,(H,28,30). The van der Waals surface area contributed by atoms with Crippen LogP contribution in [0.1, 0.15) is 46.9 Å². The molecule has 33 heavy (non-hydrogen) atoms. The molecule has 1 amide bonds. The van der Waals surface area contributed by atoms with Crippen LogP contribution in [-0.2, 0) is 23.0 Å². The monoisotopic (exact) mass is 504 g/mol. The van der Waals surface area contributed by atoms with Gasteiger partial charge in [0.2, 0.25) is 10.0 Å². The minimum atomic E-state index is -3.63. The van der Waals surface area contributed by atoms with E-state index in [1.165, 1.54) is 9.87 Å². The molecule has 174 valence electrons. The highest BCUT2D eigenvalue weighted by Crippen LogP contribution is 2.29. The molecule has 0 aliphatic rings. The zero-order chi connectivity index (χ0) is 24.2. The summed E-state index contributed by atoms with van der Waals surface area (Å²) in [4.78, 5) is 12.7. The number of nitrogens with zero attached hydrogens (tertiary/aromatic N) is 1. The van der Waals surface area contributed by atoms with Gasteiger partial charge in [0.1, 0.15) is 0 Å². The second kappa shape index (κ2) is 10.6. The third-order valence-electron chi connectivity index (χ3n) is 5.42. The molecule has 0 radical (unpaired) electrons. The highest BCUT2D eigenvalue weighted by molar-refractivity contribution is 7.92. The summed E-state index contributed by atoms with van der Waals surface area (Å²) in [5, 5.41) is 3.74. The molecular weight excluding hydrogens is 479 g/mol. The average Bonchev–Trinajstić information content (AvgIpc) is 2.78. The second-order valence-corrected chi connectivity index (χ2v) is 10.5. The number of carbonyl (C=O) groups excluding carboxylic acids is 1. The van der Waals surface area contributed by atoms with E-state index in [0.29, 0.717) is 26.9 Å². The number of rotatable bonds is 8. The van der Waals surface area contributed by atoms with Gasteiger partial charge in [-0.15, -0.1) is 0 Å². The zero-order valence-electron chi connectivity index (χ0n) is 18.7. The van der Waals surface area contributed by atoms with Gasteiger partial charge in [-0.2, -0.15) is 0 Å². The minimum absolute atomic E-state index is 0.0202. The van der Waals surface area contributed by atoms with Crippen LogP contribution >= 0.6 is 23.2 Å². The van der Waals surface area contributed by atoms with Crippen molar-refractivity contribution in [3.63, 3.8) is 0 Å². The summed E-state index contributed by atoms with van der Waals surface area (Å²) in [6.45, 7) is 4.00. The molecule has 1 N–H and O–H groups in total. The number of hydrogen-bond acceptors (Lipinski definition) is 3. The Hall–Kier alpha value is -2.54. The van der Waals surface area contributed by atoms with Crippen LogP contribution in [-0.4, -0.2) is 20.6 Å². The van der Waals surface area contributed by atoms with Crippen molar-refractivity contribution in [2.45, 2.75) is 32.9 Å². The number of amides is 1. The van der Waals surface area contributed by atoms with E-state index in [2.05, 4.69) is 24.4 Å². The van der Waals surface area contributed by atoms with Crippen LogP contribution in [0.5, 0.6) is 0 Å². The van der Waals surface area contributed by atoms with Crippen molar-refractivity contribution >= 4 is 44.8 Å². The van der Waals surface area contributed by atoms with Gasteiger partial charge >= 0.3 is 0 Å². The fraction of sp³-hybridized carbons (Fsp3) is 0.240. The molecule has 0 bridgehead atoms. The molecule has 0 heterocycles. The lowest BCUT2D eigenvalue weighted by atomic mass is 10.0. The normalized spacial score (nSPS) is 12.3. The Bertz CT molecular complexity index is 1210. The lowest BCUT2D eigenvalue weighted by molar-refractivity contribution is 0.0940. The molecule has 3 rings (SSSR count). The van der Waals surface area contributed by atoms with Gasteiger partial charge < -0.3 is 5.32 Å². The quantitative estimate of drug-likeness (QED) is 0.408. The maximum atomic E-state index is 12.7. The Balaban J connectivity index is 1.78. The van der Waals surface area contributed by atoms with Crippen molar-refractivity contribution in [1.82, 2.24) is 5.32 Å².